The molecule has 1 aliphatic rings. The van der Waals surface area contributed by atoms with Gasteiger partial charge < -0.3 is 19.2 Å². The first-order chi connectivity index (χ1) is 12.1. The molecular weight excluding hydrogens is 318 g/mol. The molecule has 1 amide bonds. The van der Waals surface area contributed by atoms with Gasteiger partial charge >= 0.3 is 0 Å². The number of furan rings is 1. The smallest absolute Gasteiger partial charge is 0.231 e. The predicted octanol–water partition coefficient (Wildman–Crippen LogP) is 3.89. The van der Waals surface area contributed by atoms with E-state index < -0.39 is 0 Å². The average Bonchev–Trinajstić information content (AvgIpc) is 3.20. The Kier molecular flexibility index (Phi) is 3.84. The minimum absolute atomic E-state index is 0.0477. The Balaban J connectivity index is 1.46. The number of carbonyl (C=O) groups excluding carboxylic acids is 1. The normalized spacial score (nSPS) is 13.8. The fourth-order valence-corrected chi connectivity index (χ4v) is 3.06. The lowest BCUT2D eigenvalue weighted by atomic mass is 10.1. The monoisotopic (exact) mass is 337 g/mol. The van der Waals surface area contributed by atoms with Gasteiger partial charge in [-0.2, -0.15) is 0 Å². The van der Waals surface area contributed by atoms with Crippen LogP contribution in [-0.4, -0.2) is 12.7 Å². The third-order valence-corrected chi connectivity index (χ3v) is 4.44. The van der Waals surface area contributed by atoms with E-state index in [1.165, 1.54) is 0 Å². The Morgan fingerprint density at radius 1 is 1.16 bits per heavy atom. The highest BCUT2D eigenvalue weighted by Gasteiger charge is 2.17. The minimum Gasteiger partial charge on any atom is -0.464 e. The number of benzene rings is 2. The summed E-state index contributed by atoms with van der Waals surface area (Å²) in [6, 6.07) is 11.6. The first kappa shape index (κ1) is 15.6. The van der Waals surface area contributed by atoms with Crippen LogP contribution < -0.4 is 14.8 Å². The molecule has 2 heterocycles. The second kappa shape index (κ2) is 6.16. The second-order valence-corrected chi connectivity index (χ2v) is 6.34. The molecule has 0 saturated heterocycles. The number of aryl methyl sites for hydroxylation is 1. The Hall–Kier alpha value is -2.95. The van der Waals surface area contributed by atoms with Crippen molar-refractivity contribution in [1.82, 2.24) is 5.32 Å². The number of carbonyl (C=O) groups is 1. The molecule has 5 heteroatoms. The number of amides is 1. The topological polar surface area (TPSA) is 60.7 Å². The van der Waals surface area contributed by atoms with Crippen molar-refractivity contribution in [2.45, 2.75) is 26.3 Å². The summed E-state index contributed by atoms with van der Waals surface area (Å²) in [6.45, 7) is 4.21. The van der Waals surface area contributed by atoms with E-state index in [1.54, 1.807) is 6.26 Å². The molecule has 0 saturated carbocycles. The number of ether oxygens (including phenoxy) is 2. The predicted molar refractivity (Wildman–Crippen MR) is 93.8 cm³/mol. The highest BCUT2D eigenvalue weighted by atomic mass is 16.7. The van der Waals surface area contributed by atoms with Crippen molar-refractivity contribution in [3.8, 4) is 11.5 Å². The quantitative estimate of drug-likeness (QED) is 0.784. The molecule has 0 spiro atoms. The summed E-state index contributed by atoms with van der Waals surface area (Å²) in [5.41, 5.74) is 3.82. The van der Waals surface area contributed by atoms with Gasteiger partial charge in [0, 0.05) is 10.9 Å². The van der Waals surface area contributed by atoms with Crippen LogP contribution in [0.3, 0.4) is 0 Å². The zero-order valence-corrected chi connectivity index (χ0v) is 14.2. The van der Waals surface area contributed by atoms with Gasteiger partial charge in [0.2, 0.25) is 12.7 Å². The molecule has 0 aliphatic carbocycles. The molecule has 3 aromatic rings. The van der Waals surface area contributed by atoms with Crippen molar-refractivity contribution in [2.24, 2.45) is 0 Å². The van der Waals surface area contributed by atoms with Crippen LogP contribution in [0.4, 0.5) is 0 Å². The van der Waals surface area contributed by atoms with Crippen molar-refractivity contribution in [3.05, 3.63) is 59.4 Å². The lowest BCUT2D eigenvalue weighted by Gasteiger charge is -2.14. The maximum absolute atomic E-state index is 12.4. The summed E-state index contributed by atoms with van der Waals surface area (Å²) in [4.78, 5) is 12.4. The Bertz CT molecular complexity index is 944. The van der Waals surface area contributed by atoms with Crippen LogP contribution in [0.2, 0.25) is 0 Å². The van der Waals surface area contributed by atoms with Gasteiger partial charge in [0.1, 0.15) is 5.58 Å². The molecule has 0 bridgehead atoms. The van der Waals surface area contributed by atoms with Gasteiger partial charge in [-0.05, 0) is 43.2 Å². The molecule has 128 valence electrons. The SMILES string of the molecule is Cc1ccc2c(CC(=O)NC(C)c3ccc4c(c3)OCO4)coc2c1. The van der Waals surface area contributed by atoms with E-state index in [0.29, 0.717) is 0 Å². The van der Waals surface area contributed by atoms with E-state index in [2.05, 4.69) is 5.32 Å². The third kappa shape index (κ3) is 3.05. The van der Waals surface area contributed by atoms with Crippen LogP contribution in [0.5, 0.6) is 11.5 Å². The summed E-state index contributed by atoms with van der Waals surface area (Å²) in [5, 5.41) is 4.01. The molecule has 1 aromatic heterocycles. The number of hydrogen-bond acceptors (Lipinski definition) is 4. The Morgan fingerprint density at radius 2 is 2.00 bits per heavy atom. The lowest BCUT2D eigenvalue weighted by molar-refractivity contribution is -0.121. The second-order valence-electron chi connectivity index (χ2n) is 6.34. The van der Waals surface area contributed by atoms with Crippen LogP contribution in [0.1, 0.15) is 29.7 Å². The Labute approximate surface area is 145 Å². The van der Waals surface area contributed by atoms with Crippen molar-refractivity contribution in [3.63, 3.8) is 0 Å². The van der Waals surface area contributed by atoms with Gasteiger partial charge in [0.05, 0.1) is 18.7 Å². The zero-order valence-electron chi connectivity index (χ0n) is 14.2. The van der Waals surface area contributed by atoms with Gasteiger partial charge in [-0.1, -0.05) is 18.2 Å². The maximum atomic E-state index is 12.4. The van der Waals surface area contributed by atoms with Gasteiger partial charge in [0.15, 0.2) is 11.5 Å². The molecule has 0 radical (unpaired) electrons. The van der Waals surface area contributed by atoms with Gasteiger partial charge in [-0.15, -0.1) is 0 Å². The standard InChI is InChI=1S/C20H19NO4/c1-12-3-5-16-15(10-23-18(16)7-12)9-20(22)21-13(2)14-4-6-17-19(8-14)25-11-24-17/h3-8,10,13H,9,11H2,1-2H3,(H,21,22). The lowest BCUT2D eigenvalue weighted by Crippen LogP contribution is -2.28. The van der Waals surface area contributed by atoms with E-state index in [1.807, 2.05) is 50.2 Å². The number of nitrogens with one attached hydrogen (secondary N) is 1. The molecule has 1 N–H and O–H groups in total. The number of fused-ring (bicyclic) bond motifs is 2. The van der Waals surface area contributed by atoms with Crippen molar-refractivity contribution in [2.75, 3.05) is 6.79 Å². The fourth-order valence-electron chi connectivity index (χ4n) is 3.06. The first-order valence-electron chi connectivity index (χ1n) is 8.26. The van der Waals surface area contributed by atoms with E-state index in [9.17, 15) is 4.79 Å². The summed E-state index contributed by atoms with van der Waals surface area (Å²) >= 11 is 0. The average molecular weight is 337 g/mol. The molecular formula is C20H19NO4. The summed E-state index contributed by atoms with van der Waals surface area (Å²) in [6.07, 6.45) is 1.94. The van der Waals surface area contributed by atoms with Gasteiger partial charge in [-0.3, -0.25) is 4.79 Å². The van der Waals surface area contributed by atoms with E-state index in [-0.39, 0.29) is 25.2 Å². The summed E-state index contributed by atoms with van der Waals surface area (Å²) in [5.74, 6) is 1.41. The minimum atomic E-state index is -0.123. The highest BCUT2D eigenvalue weighted by Crippen LogP contribution is 2.34. The van der Waals surface area contributed by atoms with Crippen LogP contribution in [0, 0.1) is 6.92 Å². The molecule has 1 atom stereocenters. The van der Waals surface area contributed by atoms with Crippen LogP contribution in [-0.2, 0) is 11.2 Å². The molecule has 4 rings (SSSR count). The molecule has 1 aliphatic heterocycles. The van der Waals surface area contributed by atoms with E-state index >= 15 is 0 Å². The van der Waals surface area contributed by atoms with Crippen molar-refractivity contribution >= 4 is 16.9 Å². The highest BCUT2D eigenvalue weighted by molar-refractivity contribution is 5.88. The zero-order chi connectivity index (χ0) is 17.4. The maximum Gasteiger partial charge on any atom is 0.231 e. The van der Waals surface area contributed by atoms with Crippen molar-refractivity contribution < 1.29 is 18.7 Å². The molecule has 25 heavy (non-hydrogen) atoms. The van der Waals surface area contributed by atoms with Crippen LogP contribution in [0.25, 0.3) is 11.0 Å². The number of hydrogen-bond donors (Lipinski definition) is 1. The van der Waals surface area contributed by atoms with Gasteiger partial charge in [-0.25, -0.2) is 0 Å². The molecule has 5 nitrogen and oxygen atoms in total. The molecule has 2 aromatic carbocycles. The van der Waals surface area contributed by atoms with Gasteiger partial charge in [0.25, 0.3) is 0 Å². The number of rotatable bonds is 4. The molecule has 0 fully saturated rings. The fraction of sp³-hybridized carbons (Fsp3) is 0.250. The third-order valence-electron chi connectivity index (χ3n) is 4.44. The van der Waals surface area contributed by atoms with Crippen LogP contribution in [0.15, 0.2) is 47.1 Å². The van der Waals surface area contributed by atoms with E-state index in [4.69, 9.17) is 13.9 Å². The van der Waals surface area contributed by atoms with E-state index in [0.717, 1.165) is 39.2 Å². The summed E-state index contributed by atoms with van der Waals surface area (Å²) in [7, 11) is 0. The first-order valence-corrected chi connectivity index (χ1v) is 8.26. The molecule has 1 unspecified atom stereocenters. The largest absolute Gasteiger partial charge is 0.464 e. The van der Waals surface area contributed by atoms with Crippen LogP contribution >= 0.6 is 0 Å². The Morgan fingerprint density at radius 3 is 2.88 bits per heavy atom. The summed E-state index contributed by atoms with van der Waals surface area (Å²) < 4.78 is 16.3. The van der Waals surface area contributed by atoms with Crippen molar-refractivity contribution in [1.29, 1.82) is 0 Å².